The summed E-state index contributed by atoms with van der Waals surface area (Å²) in [6.07, 6.45) is 9.11. The highest BCUT2D eigenvalue weighted by Gasteiger charge is 2.11. The summed E-state index contributed by atoms with van der Waals surface area (Å²) in [5.74, 6) is 0.220. The van der Waals surface area contributed by atoms with Crippen molar-refractivity contribution in [2.75, 3.05) is 26.2 Å². The second-order valence-electron chi connectivity index (χ2n) is 5.12. The first kappa shape index (κ1) is 18.4. The van der Waals surface area contributed by atoms with Crippen LogP contribution in [0.5, 0.6) is 0 Å². The number of carbonyl (C=O) groups excluding carboxylic acids is 1. The monoisotopic (exact) mass is 272 g/mol. The third-order valence-corrected chi connectivity index (χ3v) is 3.32. The molecule has 0 aromatic rings. The first-order chi connectivity index (χ1) is 9.26. The van der Waals surface area contributed by atoms with Gasteiger partial charge >= 0.3 is 0 Å². The number of hydrogen-bond donors (Lipinski definition) is 2. The molecule has 19 heavy (non-hydrogen) atoms. The number of nitrogens with two attached hydrogens (primary N) is 1. The molecule has 0 saturated carbocycles. The third-order valence-electron chi connectivity index (χ3n) is 3.32. The Hall–Kier alpha value is -0.610. The van der Waals surface area contributed by atoms with Gasteiger partial charge in [-0.05, 0) is 32.2 Å². The van der Waals surface area contributed by atoms with Crippen LogP contribution >= 0.6 is 0 Å². The Labute approximate surface area is 118 Å². The number of rotatable bonds is 13. The Balaban J connectivity index is 3.88. The normalized spacial score (nSPS) is 10.7. The van der Waals surface area contributed by atoms with Gasteiger partial charge < -0.3 is 15.7 Å². The van der Waals surface area contributed by atoms with E-state index in [0.717, 1.165) is 25.8 Å². The molecule has 0 fully saturated rings. The highest BCUT2D eigenvalue weighted by molar-refractivity contribution is 5.76. The molecule has 0 spiro atoms. The van der Waals surface area contributed by atoms with Crippen molar-refractivity contribution >= 4 is 5.91 Å². The fourth-order valence-corrected chi connectivity index (χ4v) is 2.11. The quantitative estimate of drug-likeness (QED) is 0.506. The molecule has 0 atom stereocenters. The van der Waals surface area contributed by atoms with Gasteiger partial charge in [-0.3, -0.25) is 4.79 Å². The van der Waals surface area contributed by atoms with Crippen LogP contribution < -0.4 is 5.73 Å². The van der Waals surface area contributed by atoms with Gasteiger partial charge in [0.25, 0.3) is 0 Å². The van der Waals surface area contributed by atoms with E-state index in [9.17, 15) is 4.79 Å². The Bertz CT molecular complexity index is 210. The van der Waals surface area contributed by atoms with Crippen molar-refractivity contribution in [2.24, 2.45) is 5.73 Å². The van der Waals surface area contributed by atoms with Gasteiger partial charge in [0.2, 0.25) is 5.91 Å². The molecular weight excluding hydrogens is 240 g/mol. The van der Waals surface area contributed by atoms with Crippen molar-refractivity contribution in [1.29, 1.82) is 0 Å². The molecule has 0 saturated heterocycles. The Morgan fingerprint density at radius 1 is 1.00 bits per heavy atom. The zero-order valence-corrected chi connectivity index (χ0v) is 12.6. The summed E-state index contributed by atoms with van der Waals surface area (Å²) < 4.78 is 0. The lowest BCUT2D eigenvalue weighted by Gasteiger charge is -2.22. The van der Waals surface area contributed by atoms with Crippen LogP contribution in [0.1, 0.15) is 64.7 Å². The zero-order chi connectivity index (χ0) is 14.3. The first-order valence-electron chi connectivity index (χ1n) is 7.85. The molecule has 0 aliphatic rings. The fourth-order valence-electron chi connectivity index (χ4n) is 2.11. The number of aliphatic hydroxyl groups is 1. The molecule has 0 aliphatic carbocycles. The smallest absolute Gasteiger partial charge is 0.222 e. The summed E-state index contributed by atoms with van der Waals surface area (Å²) in [6, 6.07) is 0. The summed E-state index contributed by atoms with van der Waals surface area (Å²) in [4.78, 5) is 14.0. The molecular formula is C15H32N2O2. The maximum Gasteiger partial charge on any atom is 0.222 e. The van der Waals surface area contributed by atoms with Crippen LogP contribution in [0.25, 0.3) is 0 Å². The number of amides is 1. The van der Waals surface area contributed by atoms with Gasteiger partial charge in [0.1, 0.15) is 0 Å². The van der Waals surface area contributed by atoms with Gasteiger partial charge in [-0.1, -0.05) is 32.6 Å². The lowest BCUT2D eigenvalue weighted by molar-refractivity contribution is -0.131. The van der Waals surface area contributed by atoms with E-state index in [0.29, 0.717) is 25.9 Å². The fraction of sp³-hybridized carbons (Fsp3) is 0.933. The van der Waals surface area contributed by atoms with E-state index in [2.05, 4.69) is 6.92 Å². The zero-order valence-electron chi connectivity index (χ0n) is 12.6. The number of carbonyl (C=O) groups is 1. The van der Waals surface area contributed by atoms with Crippen molar-refractivity contribution in [3.8, 4) is 0 Å². The van der Waals surface area contributed by atoms with Crippen LogP contribution in [0.2, 0.25) is 0 Å². The van der Waals surface area contributed by atoms with Crippen molar-refractivity contribution < 1.29 is 9.90 Å². The van der Waals surface area contributed by atoms with Gasteiger partial charge in [-0.15, -0.1) is 0 Å². The highest BCUT2D eigenvalue weighted by Crippen LogP contribution is 2.07. The third kappa shape index (κ3) is 11.0. The Kier molecular flexibility index (Phi) is 13.4. The van der Waals surface area contributed by atoms with E-state index >= 15 is 0 Å². The predicted octanol–water partition coefficient (Wildman–Crippen LogP) is 2.30. The van der Waals surface area contributed by atoms with Crippen LogP contribution in [-0.4, -0.2) is 42.2 Å². The highest BCUT2D eigenvalue weighted by atomic mass is 16.3. The van der Waals surface area contributed by atoms with Gasteiger partial charge in [-0.2, -0.15) is 0 Å². The largest absolute Gasteiger partial charge is 0.396 e. The van der Waals surface area contributed by atoms with Crippen LogP contribution in [0.15, 0.2) is 0 Å². The maximum atomic E-state index is 12.0. The molecule has 4 heteroatoms. The summed E-state index contributed by atoms with van der Waals surface area (Å²) in [6.45, 7) is 4.54. The minimum absolute atomic E-state index is 0.155. The maximum absolute atomic E-state index is 12.0. The summed E-state index contributed by atoms with van der Waals surface area (Å²) in [7, 11) is 0. The van der Waals surface area contributed by atoms with Crippen molar-refractivity contribution in [1.82, 2.24) is 4.90 Å². The molecule has 0 bridgehead atoms. The molecule has 0 aromatic carbocycles. The van der Waals surface area contributed by atoms with Crippen LogP contribution in [0.4, 0.5) is 0 Å². The Morgan fingerprint density at radius 3 is 2.32 bits per heavy atom. The molecule has 114 valence electrons. The van der Waals surface area contributed by atoms with Crippen molar-refractivity contribution in [3.63, 3.8) is 0 Å². The van der Waals surface area contributed by atoms with Crippen LogP contribution in [-0.2, 0) is 4.79 Å². The molecule has 1 amide bonds. The van der Waals surface area contributed by atoms with E-state index in [-0.39, 0.29) is 12.5 Å². The number of aliphatic hydroxyl groups excluding tert-OH is 1. The average molecular weight is 272 g/mol. The van der Waals surface area contributed by atoms with Gasteiger partial charge in [0.05, 0.1) is 0 Å². The SMILES string of the molecule is CCCCCCCN(CCCO)C(=O)CCCCN. The van der Waals surface area contributed by atoms with Gasteiger partial charge in [-0.25, -0.2) is 0 Å². The van der Waals surface area contributed by atoms with E-state index in [1.807, 2.05) is 4.90 Å². The summed E-state index contributed by atoms with van der Waals surface area (Å²) in [5, 5.41) is 8.90. The molecule has 0 heterocycles. The lowest BCUT2D eigenvalue weighted by Crippen LogP contribution is -2.33. The summed E-state index contributed by atoms with van der Waals surface area (Å²) in [5.41, 5.74) is 5.44. The predicted molar refractivity (Wildman–Crippen MR) is 79.9 cm³/mol. The van der Waals surface area contributed by atoms with Crippen molar-refractivity contribution in [2.45, 2.75) is 64.7 Å². The molecule has 0 aliphatic heterocycles. The topological polar surface area (TPSA) is 66.6 Å². The molecule has 0 rings (SSSR count). The second kappa shape index (κ2) is 13.8. The molecule has 3 N–H and O–H groups in total. The number of nitrogens with zero attached hydrogens (tertiary/aromatic N) is 1. The van der Waals surface area contributed by atoms with Crippen LogP contribution in [0, 0.1) is 0 Å². The Morgan fingerprint density at radius 2 is 1.68 bits per heavy atom. The molecule has 4 nitrogen and oxygen atoms in total. The summed E-state index contributed by atoms with van der Waals surface area (Å²) >= 11 is 0. The molecule has 0 aromatic heterocycles. The van der Waals surface area contributed by atoms with Crippen molar-refractivity contribution in [3.05, 3.63) is 0 Å². The number of hydrogen-bond acceptors (Lipinski definition) is 3. The number of unbranched alkanes of at least 4 members (excludes halogenated alkanes) is 5. The first-order valence-corrected chi connectivity index (χ1v) is 7.85. The van der Waals surface area contributed by atoms with E-state index in [1.54, 1.807) is 0 Å². The van der Waals surface area contributed by atoms with Gasteiger partial charge in [0.15, 0.2) is 0 Å². The van der Waals surface area contributed by atoms with E-state index in [4.69, 9.17) is 10.8 Å². The second-order valence-corrected chi connectivity index (χ2v) is 5.12. The lowest BCUT2D eigenvalue weighted by atomic mass is 10.1. The molecule has 0 radical (unpaired) electrons. The van der Waals surface area contributed by atoms with E-state index < -0.39 is 0 Å². The van der Waals surface area contributed by atoms with Gasteiger partial charge in [0, 0.05) is 26.1 Å². The van der Waals surface area contributed by atoms with E-state index in [1.165, 1.54) is 25.7 Å². The van der Waals surface area contributed by atoms with Crippen LogP contribution in [0.3, 0.4) is 0 Å². The minimum atomic E-state index is 0.155. The minimum Gasteiger partial charge on any atom is -0.396 e. The standard InChI is InChI=1S/C15H32N2O2/c1-2-3-4-5-8-12-17(13-9-14-18)15(19)10-6-7-11-16/h18H,2-14,16H2,1H3. The average Bonchev–Trinajstić information content (AvgIpc) is 2.42. The molecule has 0 unspecified atom stereocenters.